The van der Waals surface area contributed by atoms with E-state index in [4.69, 9.17) is 0 Å². The van der Waals surface area contributed by atoms with Crippen LogP contribution in [0, 0.1) is 0 Å². The molecule has 2 aromatic heterocycles. The molecule has 0 saturated carbocycles. The fraction of sp³-hybridized carbons (Fsp3) is 0. The third kappa shape index (κ3) is 5.43. The molecule has 0 aliphatic heterocycles. The molecule has 3 heteroatoms. The lowest BCUT2D eigenvalue weighted by atomic mass is 9.99. The molecule has 0 atom stereocenters. The van der Waals surface area contributed by atoms with Crippen LogP contribution in [-0.4, -0.2) is 0 Å². The van der Waals surface area contributed by atoms with E-state index in [0.717, 1.165) is 11.4 Å². The highest BCUT2D eigenvalue weighted by atomic mass is 32.1. The molecule has 0 aliphatic carbocycles. The summed E-state index contributed by atoms with van der Waals surface area (Å²) in [6.07, 6.45) is 0. The Hall–Kier alpha value is -6.52. The first kappa shape index (κ1) is 32.0. The second-order valence-corrected chi connectivity index (χ2v) is 16.2. The maximum Gasteiger partial charge on any atom is 0.0555 e. The molecule has 11 aromatic rings. The molecule has 0 fully saturated rings. The van der Waals surface area contributed by atoms with E-state index < -0.39 is 0 Å². The highest BCUT2D eigenvalue weighted by Gasteiger charge is 2.22. The molecule has 0 amide bonds. The fourth-order valence-corrected chi connectivity index (χ4v) is 10.7. The Morgan fingerprint density at radius 2 is 0.945 bits per heavy atom. The average molecular weight is 736 g/mol. The van der Waals surface area contributed by atoms with Crippen molar-refractivity contribution < 1.29 is 0 Å². The summed E-state index contributed by atoms with van der Waals surface area (Å²) in [7, 11) is 0. The predicted molar refractivity (Wildman–Crippen MR) is 241 cm³/mol. The molecule has 0 spiro atoms. The predicted octanol–water partition coefficient (Wildman–Crippen LogP) is 16.0. The minimum Gasteiger partial charge on any atom is -0.310 e. The monoisotopic (exact) mass is 735 g/mol. The molecule has 0 radical (unpaired) electrons. The van der Waals surface area contributed by atoms with Gasteiger partial charge in [-0.1, -0.05) is 152 Å². The van der Waals surface area contributed by atoms with Crippen LogP contribution in [0.3, 0.4) is 0 Å². The first-order valence-electron chi connectivity index (χ1n) is 18.7. The van der Waals surface area contributed by atoms with Gasteiger partial charge >= 0.3 is 0 Å². The molecule has 9 aromatic carbocycles. The summed E-state index contributed by atoms with van der Waals surface area (Å²) < 4.78 is 5.21. The quantitative estimate of drug-likeness (QED) is 0.164. The van der Waals surface area contributed by atoms with Crippen LogP contribution in [0.4, 0.5) is 17.1 Å². The molecular weight excluding hydrogens is 703 g/mol. The van der Waals surface area contributed by atoms with E-state index in [1.54, 1.807) is 0 Å². The first-order chi connectivity index (χ1) is 27.3. The molecule has 0 unspecified atom stereocenters. The number of fused-ring (bicyclic) bond motifs is 7. The van der Waals surface area contributed by atoms with Gasteiger partial charge in [-0.2, -0.15) is 0 Å². The third-order valence-electron chi connectivity index (χ3n) is 10.9. The summed E-state index contributed by atoms with van der Waals surface area (Å²) in [6.45, 7) is 0. The summed E-state index contributed by atoms with van der Waals surface area (Å²) in [5.74, 6) is 0. The van der Waals surface area contributed by atoms with Crippen molar-refractivity contribution in [3.63, 3.8) is 0 Å². The van der Waals surface area contributed by atoms with Crippen molar-refractivity contribution >= 4 is 90.9 Å². The van der Waals surface area contributed by atoms with Crippen molar-refractivity contribution in [2.24, 2.45) is 0 Å². The van der Waals surface area contributed by atoms with E-state index in [0.29, 0.717) is 0 Å². The maximum atomic E-state index is 2.48. The van der Waals surface area contributed by atoms with Gasteiger partial charge in [0.15, 0.2) is 0 Å². The molecule has 258 valence electrons. The molecule has 2 heterocycles. The number of hydrogen-bond acceptors (Lipinski definition) is 3. The van der Waals surface area contributed by atoms with Gasteiger partial charge in [0.2, 0.25) is 0 Å². The summed E-state index contributed by atoms with van der Waals surface area (Å²) in [5, 5.41) is 7.64. The summed E-state index contributed by atoms with van der Waals surface area (Å²) >= 11 is 3.77. The van der Waals surface area contributed by atoms with Crippen LogP contribution in [0.1, 0.15) is 0 Å². The first-order valence-corrected chi connectivity index (χ1v) is 20.3. The lowest BCUT2D eigenvalue weighted by Gasteiger charge is -2.27. The fourth-order valence-electron chi connectivity index (χ4n) is 8.21. The zero-order chi connectivity index (χ0) is 36.3. The minimum absolute atomic E-state index is 1.12. The van der Waals surface area contributed by atoms with Crippen LogP contribution in [0.2, 0.25) is 0 Å². The molecular formula is C52H33NS2. The van der Waals surface area contributed by atoms with Crippen molar-refractivity contribution in [2.45, 2.75) is 0 Å². The Kier molecular flexibility index (Phi) is 7.61. The van der Waals surface area contributed by atoms with Crippen LogP contribution in [-0.2, 0) is 0 Å². The van der Waals surface area contributed by atoms with Gasteiger partial charge in [-0.25, -0.2) is 0 Å². The van der Waals surface area contributed by atoms with Crippen LogP contribution in [0.15, 0.2) is 200 Å². The van der Waals surface area contributed by atoms with Gasteiger partial charge in [-0.3, -0.25) is 0 Å². The molecule has 55 heavy (non-hydrogen) atoms. The van der Waals surface area contributed by atoms with Gasteiger partial charge in [-0.05, 0) is 92.7 Å². The Balaban J connectivity index is 1.14. The lowest BCUT2D eigenvalue weighted by Crippen LogP contribution is -2.10. The molecule has 0 saturated heterocycles. The van der Waals surface area contributed by atoms with E-state index >= 15 is 0 Å². The van der Waals surface area contributed by atoms with Crippen LogP contribution < -0.4 is 4.90 Å². The zero-order valence-corrected chi connectivity index (χ0v) is 31.4. The van der Waals surface area contributed by atoms with E-state index in [9.17, 15) is 0 Å². The second-order valence-electron chi connectivity index (χ2n) is 14.1. The average Bonchev–Trinajstić information content (AvgIpc) is 3.84. The number of benzene rings is 9. The van der Waals surface area contributed by atoms with Gasteiger partial charge in [0.05, 0.1) is 5.69 Å². The lowest BCUT2D eigenvalue weighted by molar-refractivity contribution is 1.31. The topological polar surface area (TPSA) is 3.24 Å². The number of rotatable bonds is 6. The van der Waals surface area contributed by atoms with E-state index in [1.807, 2.05) is 22.7 Å². The van der Waals surface area contributed by atoms with Crippen molar-refractivity contribution in [1.29, 1.82) is 0 Å². The van der Waals surface area contributed by atoms with Gasteiger partial charge in [0.1, 0.15) is 0 Å². The van der Waals surface area contributed by atoms with E-state index in [-0.39, 0.29) is 0 Å². The Morgan fingerprint density at radius 3 is 1.75 bits per heavy atom. The number of hydrogen-bond donors (Lipinski definition) is 0. The standard InChI is InChI=1S/C52H33NS2/c1-3-13-36(14-4-1)42-19-11-20-44-46-33-41(28-31-49(46)54-51(42)44)53(40-26-24-35(25-27-40)39-23-22-34-12-7-8-17-38(34)32-39)47-30-29-43(37-15-5-2-6-16-37)52-50(47)45-18-9-10-21-48(45)55-52/h1-33H. The Labute approximate surface area is 327 Å². The smallest absolute Gasteiger partial charge is 0.0555 e. The molecule has 0 aliphatic rings. The molecule has 0 bridgehead atoms. The van der Waals surface area contributed by atoms with Crippen LogP contribution in [0.5, 0.6) is 0 Å². The van der Waals surface area contributed by atoms with Crippen LogP contribution in [0.25, 0.3) is 84.5 Å². The molecule has 11 rings (SSSR count). The van der Waals surface area contributed by atoms with E-state index in [1.165, 1.54) is 90.2 Å². The van der Waals surface area contributed by atoms with E-state index in [2.05, 4.69) is 205 Å². The summed E-state index contributed by atoms with van der Waals surface area (Å²) in [5.41, 5.74) is 10.9. The molecule has 1 nitrogen and oxygen atoms in total. The van der Waals surface area contributed by atoms with Crippen molar-refractivity contribution in [2.75, 3.05) is 4.90 Å². The largest absolute Gasteiger partial charge is 0.310 e. The summed E-state index contributed by atoms with van der Waals surface area (Å²) in [4.78, 5) is 2.48. The van der Waals surface area contributed by atoms with Gasteiger partial charge in [-0.15, -0.1) is 22.7 Å². The summed E-state index contributed by atoms with van der Waals surface area (Å²) in [6, 6.07) is 73.4. The number of anilines is 3. The van der Waals surface area contributed by atoms with Crippen LogP contribution >= 0.6 is 22.7 Å². The Morgan fingerprint density at radius 1 is 0.327 bits per heavy atom. The number of nitrogens with zero attached hydrogens (tertiary/aromatic N) is 1. The van der Waals surface area contributed by atoms with Crippen molar-refractivity contribution in [3.8, 4) is 33.4 Å². The molecule has 0 N–H and O–H groups in total. The van der Waals surface area contributed by atoms with Crippen molar-refractivity contribution in [3.05, 3.63) is 200 Å². The van der Waals surface area contributed by atoms with Gasteiger partial charge < -0.3 is 4.90 Å². The normalized spacial score (nSPS) is 11.6. The SMILES string of the molecule is c1ccc(-c2cccc3c2sc2ccc(N(c4ccc(-c5ccc6ccccc6c5)cc4)c4ccc(-c5ccccc5)c5sc6ccccc6c45)cc23)cc1. The zero-order valence-electron chi connectivity index (χ0n) is 29.8. The highest BCUT2D eigenvalue weighted by molar-refractivity contribution is 7.26. The second kappa shape index (κ2) is 13.1. The highest BCUT2D eigenvalue weighted by Crippen LogP contribution is 2.49. The van der Waals surface area contributed by atoms with Gasteiger partial charge in [0.25, 0.3) is 0 Å². The minimum atomic E-state index is 1.12. The Bertz CT molecular complexity index is 3190. The maximum absolute atomic E-state index is 2.48. The third-order valence-corrected chi connectivity index (χ3v) is 13.3. The van der Waals surface area contributed by atoms with Gasteiger partial charge in [0, 0.05) is 51.7 Å². The number of thiophene rings is 2. The van der Waals surface area contributed by atoms with Crippen molar-refractivity contribution in [1.82, 2.24) is 0 Å².